The van der Waals surface area contributed by atoms with Crippen LogP contribution < -0.4 is 5.32 Å². The number of halogens is 2. The van der Waals surface area contributed by atoms with Crippen LogP contribution in [0.3, 0.4) is 0 Å². The zero-order valence-electron chi connectivity index (χ0n) is 16.9. The van der Waals surface area contributed by atoms with E-state index in [1.807, 2.05) is 41.3 Å². The van der Waals surface area contributed by atoms with Crippen molar-refractivity contribution in [2.45, 2.75) is 17.7 Å². The van der Waals surface area contributed by atoms with Gasteiger partial charge < -0.3 is 15.1 Å². The van der Waals surface area contributed by atoms with Gasteiger partial charge in [-0.25, -0.2) is 13.6 Å². The minimum atomic E-state index is -1.00. The van der Waals surface area contributed by atoms with Gasteiger partial charge in [0.2, 0.25) is 5.91 Å². The van der Waals surface area contributed by atoms with E-state index in [1.165, 1.54) is 6.07 Å². The first-order chi connectivity index (χ1) is 15.0. The number of hydrogen-bond acceptors (Lipinski definition) is 3. The Morgan fingerprint density at radius 3 is 2.45 bits per heavy atom. The molecule has 8 heteroatoms. The third kappa shape index (κ3) is 4.74. The van der Waals surface area contributed by atoms with Crippen LogP contribution in [0.4, 0.5) is 19.3 Å². The van der Waals surface area contributed by atoms with E-state index in [4.69, 9.17) is 0 Å². The number of nitrogens with zero attached hydrogens (tertiary/aromatic N) is 2. The van der Waals surface area contributed by atoms with E-state index in [2.05, 4.69) is 5.32 Å². The van der Waals surface area contributed by atoms with Crippen molar-refractivity contribution in [3.63, 3.8) is 0 Å². The fraction of sp³-hybridized carbons (Fsp3) is 0.304. The maximum absolute atomic E-state index is 13.4. The fourth-order valence-corrected chi connectivity index (χ4v) is 5.45. The molecule has 0 unspecified atom stereocenters. The summed E-state index contributed by atoms with van der Waals surface area (Å²) in [4.78, 5) is 28.7. The smallest absolute Gasteiger partial charge is 0.321 e. The van der Waals surface area contributed by atoms with Gasteiger partial charge in [0.25, 0.3) is 0 Å². The molecule has 0 atom stereocenters. The van der Waals surface area contributed by atoms with E-state index in [9.17, 15) is 18.4 Å². The third-order valence-electron chi connectivity index (χ3n) is 5.66. The molecule has 2 aliphatic rings. The molecule has 162 valence electrons. The lowest BCUT2D eigenvalue weighted by Gasteiger charge is -2.43. The van der Waals surface area contributed by atoms with Gasteiger partial charge >= 0.3 is 6.03 Å². The molecule has 4 rings (SSSR count). The molecule has 2 heterocycles. The first kappa shape index (κ1) is 21.4. The SMILES string of the molecule is O=C(Nc1ccc(F)c(F)c1)N1CCC2(CC1)SCCN2C(=O)C=Cc1ccccc1. The van der Waals surface area contributed by atoms with Gasteiger partial charge in [-0.05, 0) is 36.6 Å². The van der Waals surface area contributed by atoms with Crippen LogP contribution in [0.15, 0.2) is 54.6 Å². The van der Waals surface area contributed by atoms with Crippen molar-refractivity contribution in [2.24, 2.45) is 0 Å². The minimum absolute atomic E-state index is 0.0199. The van der Waals surface area contributed by atoms with E-state index in [0.29, 0.717) is 32.5 Å². The van der Waals surface area contributed by atoms with E-state index in [1.54, 1.807) is 22.7 Å². The van der Waals surface area contributed by atoms with Crippen LogP contribution in [0, 0.1) is 11.6 Å². The Morgan fingerprint density at radius 2 is 1.74 bits per heavy atom. The Morgan fingerprint density at radius 1 is 1.00 bits per heavy atom. The van der Waals surface area contributed by atoms with Crippen LogP contribution in [0.5, 0.6) is 0 Å². The summed E-state index contributed by atoms with van der Waals surface area (Å²) < 4.78 is 26.5. The van der Waals surface area contributed by atoms with Gasteiger partial charge in [0, 0.05) is 43.2 Å². The van der Waals surface area contributed by atoms with E-state index in [0.717, 1.165) is 23.4 Å². The van der Waals surface area contributed by atoms with Crippen LogP contribution in [0.1, 0.15) is 18.4 Å². The second kappa shape index (κ2) is 9.09. The Balaban J connectivity index is 1.36. The maximum Gasteiger partial charge on any atom is 0.321 e. The first-order valence-corrected chi connectivity index (χ1v) is 11.2. The molecule has 1 N–H and O–H groups in total. The molecule has 2 aromatic carbocycles. The third-order valence-corrected chi connectivity index (χ3v) is 7.22. The number of anilines is 1. The average Bonchev–Trinajstić information content (AvgIpc) is 3.18. The fourth-order valence-electron chi connectivity index (χ4n) is 3.99. The first-order valence-electron chi connectivity index (χ1n) is 10.2. The summed E-state index contributed by atoms with van der Waals surface area (Å²) in [6.45, 7) is 1.65. The quantitative estimate of drug-likeness (QED) is 0.707. The number of carbonyl (C=O) groups is 2. The molecule has 0 radical (unpaired) electrons. The Labute approximate surface area is 184 Å². The molecule has 0 aliphatic carbocycles. The van der Waals surface area contributed by atoms with Crippen LogP contribution in [0.25, 0.3) is 6.08 Å². The molecule has 2 aromatic rings. The van der Waals surface area contributed by atoms with Crippen LogP contribution in [0.2, 0.25) is 0 Å². The highest BCUT2D eigenvalue weighted by molar-refractivity contribution is 8.00. The van der Waals surface area contributed by atoms with Crippen molar-refractivity contribution in [1.29, 1.82) is 0 Å². The number of urea groups is 1. The van der Waals surface area contributed by atoms with Gasteiger partial charge in [0.05, 0.1) is 4.87 Å². The zero-order valence-corrected chi connectivity index (χ0v) is 17.7. The molecule has 2 fully saturated rings. The highest BCUT2D eigenvalue weighted by atomic mass is 32.2. The van der Waals surface area contributed by atoms with Gasteiger partial charge in [-0.1, -0.05) is 30.3 Å². The molecular formula is C23H23F2N3O2S. The van der Waals surface area contributed by atoms with Crippen molar-refractivity contribution in [3.8, 4) is 0 Å². The molecule has 0 aromatic heterocycles. The molecular weight excluding hydrogens is 420 g/mol. The number of likely N-dealkylation sites (tertiary alicyclic amines) is 1. The predicted molar refractivity (Wildman–Crippen MR) is 119 cm³/mol. The second-order valence-electron chi connectivity index (χ2n) is 7.57. The largest absolute Gasteiger partial charge is 0.324 e. The zero-order chi connectivity index (χ0) is 21.8. The number of amides is 3. The number of benzene rings is 2. The number of carbonyl (C=O) groups excluding carboxylic acids is 2. The number of piperidine rings is 1. The molecule has 1 spiro atoms. The number of thioether (sulfide) groups is 1. The highest BCUT2D eigenvalue weighted by Gasteiger charge is 2.46. The van der Waals surface area contributed by atoms with Crippen LogP contribution in [-0.4, -0.2) is 52.0 Å². The van der Waals surface area contributed by atoms with Gasteiger partial charge in [0.15, 0.2) is 11.6 Å². The molecule has 2 aliphatic heterocycles. The number of nitrogens with one attached hydrogen (secondary N) is 1. The topological polar surface area (TPSA) is 52.7 Å². The van der Waals surface area contributed by atoms with Gasteiger partial charge in [-0.2, -0.15) is 0 Å². The van der Waals surface area contributed by atoms with E-state index < -0.39 is 11.6 Å². The van der Waals surface area contributed by atoms with Crippen molar-refractivity contribution >= 4 is 35.5 Å². The lowest BCUT2D eigenvalue weighted by Crippen LogP contribution is -2.53. The molecule has 0 saturated carbocycles. The Hall–Kier alpha value is -2.87. The summed E-state index contributed by atoms with van der Waals surface area (Å²) in [5.41, 5.74) is 1.18. The van der Waals surface area contributed by atoms with Crippen molar-refractivity contribution in [2.75, 3.05) is 30.7 Å². The summed E-state index contributed by atoms with van der Waals surface area (Å²) >= 11 is 1.77. The lowest BCUT2D eigenvalue weighted by molar-refractivity contribution is -0.129. The molecule has 31 heavy (non-hydrogen) atoms. The lowest BCUT2D eigenvalue weighted by atomic mass is 10.0. The summed E-state index contributed by atoms with van der Waals surface area (Å²) in [5.74, 6) is -1.11. The molecule has 3 amide bonds. The van der Waals surface area contributed by atoms with E-state index in [-0.39, 0.29) is 22.5 Å². The van der Waals surface area contributed by atoms with Crippen LogP contribution >= 0.6 is 11.8 Å². The Bertz CT molecular complexity index is 992. The van der Waals surface area contributed by atoms with Gasteiger partial charge in [0.1, 0.15) is 0 Å². The highest BCUT2D eigenvalue weighted by Crippen LogP contribution is 2.44. The van der Waals surface area contributed by atoms with Crippen molar-refractivity contribution < 1.29 is 18.4 Å². The summed E-state index contributed by atoms with van der Waals surface area (Å²) in [5, 5.41) is 2.61. The van der Waals surface area contributed by atoms with Gasteiger partial charge in [-0.15, -0.1) is 11.8 Å². The molecule has 0 bridgehead atoms. The standard InChI is InChI=1S/C23H23F2N3O2S/c24-19-8-7-18(16-20(19)25)26-22(30)27-12-10-23(11-13-27)28(14-15-31-23)21(29)9-6-17-4-2-1-3-5-17/h1-9,16H,10-15H2,(H,26,30). The van der Waals surface area contributed by atoms with Gasteiger partial charge in [-0.3, -0.25) is 4.79 Å². The minimum Gasteiger partial charge on any atom is -0.324 e. The number of rotatable bonds is 3. The molecule has 2 saturated heterocycles. The Kier molecular flexibility index (Phi) is 6.27. The van der Waals surface area contributed by atoms with Crippen molar-refractivity contribution in [3.05, 3.63) is 71.8 Å². The second-order valence-corrected chi connectivity index (χ2v) is 9.03. The summed E-state index contributed by atoms with van der Waals surface area (Å²) in [7, 11) is 0. The van der Waals surface area contributed by atoms with Crippen molar-refractivity contribution in [1.82, 2.24) is 9.80 Å². The normalized spacial score (nSPS) is 18.0. The predicted octanol–water partition coefficient (Wildman–Crippen LogP) is 4.58. The summed E-state index contributed by atoms with van der Waals surface area (Å²) in [6.07, 6.45) is 4.76. The average molecular weight is 444 g/mol. The monoisotopic (exact) mass is 443 g/mol. The number of hydrogen-bond donors (Lipinski definition) is 1. The summed E-state index contributed by atoms with van der Waals surface area (Å²) in [6, 6.07) is 12.6. The van der Waals surface area contributed by atoms with E-state index >= 15 is 0 Å². The van der Waals surface area contributed by atoms with Crippen LogP contribution in [-0.2, 0) is 4.79 Å². The molecule has 5 nitrogen and oxygen atoms in total. The maximum atomic E-state index is 13.4.